The summed E-state index contributed by atoms with van der Waals surface area (Å²) in [5.74, 6) is -0.412. The predicted molar refractivity (Wildman–Crippen MR) is 99.2 cm³/mol. The Kier molecular flexibility index (Phi) is 6.85. The summed E-state index contributed by atoms with van der Waals surface area (Å²) in [5, 5.41) is 1.16. The number of para-hydroxylation sites is 1. The van der Waals surface area contributed by atoms with Crippen LogP contribution in [0.15, 0.2) is 47.6 Å². The van der Waals surface area contributed by atoms with E-state index in [9.17, 15) is 26.4 Å². The number of alkyl halides is 3. The summed E-state index contributed by atoms with van der Waals surface area (Å²) in [7, 11) is -0.764. The molecule has 0 saturated carbocycles. The summed E-state index contributed by atoms with van der Waals surface area (Å²) in [6.07, 6.45) is 0.882. The smallest absolute Gasteiger partial charge is 0.496 e. The molecule has 0 aliphatic carbocycles. The molecule has 1 heterocycles. The van der Waals surface area contributed by atoms with Crippen LogP contribution in [0, 0.1) is 0 Å². The number of halogens is 3. The number of ether oxygens (including phenoxy) is 1. The fourth-order valence-corrected chi connectivity index (χ4v) is 3.55. The first kappa shape index (κ1) is 22.6. The summed E-state index contributed by atoms with van der Waals surface area (Å²) in [5.41, 5.74) is -5.50. The largest absolute Gasteiger partial charge is 0.503 e. The second-order valence-corrected chi connectivity index (χ2v) is 8.09. The number of aromatic nitrogens is 1. The van der Waals surface area contributed by atoms with Crippen LogP contribution in [-0.2, 0) is 9.84 Å². The van der Waals surface area contributed by atoms with Crippen LogP contribution >= 0.6 is 0 Å². The monoisotopic (exact) mass is 431 g/mol. The van der Waals surface area contributed by atoms with Crippen molar-refractivity contribution in [2.24, 2.45) is 0 Å². The van der Waals surface area contributed by atoms with Crippen LogP contribution in [0.3, 0.4) is 0 Å². The lowest BCUT2D eigenvalue weighted by molar-refractivity contribution is -0.0438. The predicted octanol–water partition coefficient (Wildman–Crippen LogP) is 2.42. The van der Waals surface area contributed by atoms with Crippen LogP contribution in [0.4, 0.5) is 13.2 Å². The number of carbonyl (C=O) groups is 1. The second-order valence-electron chi connectivity index (χ2n) is 6.24. The lowest BCUT2D eigenvalue weighted by Gasteiger charge is -2.26. The van der Waals surface area contributed by atoms with Gasteiger partial charge in [0.05, 0.1) is 18.7 Å². The summed E-state index contributed by atoms with van der Waals surface area (Å²) < 4.78 is 67.5. The molecular formula is C18H20F3N3O4S. The van der Waals surface area contributed by atoms with Crippen molar-refractivity contribution < 1.29 is 31.1 Å². The van der Waals surface area contributed by atoms with E-state index in [4.69, 9.17) is 4.74 Å². The number of amides is 1. The van der Waals surface area contributed by atoms with Crippen molar-refractivity contribution in [1.82, 2.24) is 15.2 Å². The standard InChI is InChI=1S/C18H20F3N3O4S/c1-24(2)14(12-7-4-5-9-15(12)28-3)11-23-16(25)13-8-6-10-22-17(13)29(26,27)18(19,20)21/h4-10,14H,11H2,1-3H3,(H,23,25). The topological polar surface area (TPSA) is 88.6 Å². The first-order valence-electron chi connectivity index (χ1n) is 8.34. The number of likely N-dealkylation sites (N-methyl/N-ethyl adjacent to an activating group) is 1. The second kappa shape index (κ2) is 8.78. The molecule has 0 bridgehead atoms. The highest BCUT2D eigenvalue weighted by molar-refractivity contribution is 7.92. The van der Waals surface area contributed by atoms with Gasteiger partial charge in [-0.2, -0.15) is 13.2 Å². The molecule has 1 N–H and O–H groups in total. The van der Waals surface area contributed by atoms with Gasteiger partial charge in [0.1, 0.15) is 5.75 Å². The van der Waals surface area contributed by atoms with Gasteiger partial charge in [0.25, 0.3) is 15.7 Å². The van der Waals surface area contributed by atoms with Crippen LogP contribution in [0.1, 0.15) is 22.0 Å². The molecule has 0 aliphatic heterocycles. The van der Waals surface area contributed by atoms with Gasteiger partial charge in [-0.25, -0.2) is 13.4 Å². The maximum atomic E-state index is 12.9. The Morgan fingerprint density at radius 2 is 1.86 bits per heavy atom. The number of hydrogen-bond acceptors (Lipinski definition) is 6. The Labute approximate surface area is 166 Å². The highest BCUT2D eigenvalue weighted by atomic mass is 32.2. The van der Waals surface area contributed by atoms with Gasteiger partial charge in [0, 0.05) is 18.3 Å². The lowest BCUT2D eigenvalue weighted by Crippen LogP contribution is -2.36. The van der Waals surface area contributed by atoms with Crippen molar-refractivity contribution in [2.75, 3.05) is 27.7 Å². The van der Waals surface area contributed by atoms with Gasteiger partial charge in [-0.1, -0.05) is 18.2 Å². The van der Waals surface area contributed by atoms with Gasteiger partial charge in [-0.15, -0.1) is 0 Å². The number of pyridine rings is 1. The average molecular weight is 431 g/mol. The van der Waals surface area contributed by atoms with Crippen molar-refractivity contribution >= 4 is 15.7 Å². The summed E-state index contributed by atoms with van der Waals surface area (Å²) >= 11 is 0. The molecule has 2 rings (SSSR count). The first-order chi connectivity index (χ1) is 13.5. The van der Waals surface area contributed by atoms with Gasteiger partial charge in [-0.3, -0.25) is 4.79 Å². The highest BCUT2D eigenvalue weighted by Gasteiger charge is 2.49. The zero-order valence-electron chi connectivity index (χ0n) is 15.9. The Bertz CT molecular complexity index is 978. The number of methoxy groups -OCH3 is 1. The zero-order valence-corrected chi connectivity index (χ0v) is 16.7. The van der Waals surface area contributed by atoms with Gasteiger partial charge in [0.15, 0.2) is 5.03 Å². The fourth-order valence-electron chi connectivity index (χ4n) is 2.68. The first-order valence-corrected chi connectivity index (χ1v) is 9.83. The van der Waals surface area contributed by atoms with E-state index in [0.29, 0.717) is 5.75 Å². The summed E-state index contributed by atoms with van der Waals surface area (Å²) in [4.78, 5) is 17.6. The molecule has 11 heteroatoms. The minimum Gasteiger partial charge on any atom is -0.496 e. The van der Waals surface area contributed by atoms with Crippen molar-refractivity contribution in [1.29, 1.82) is 0 Å². The van der Waals surface area contributed by atoms with Crippen LogP contribution in [0.25, 0.3) is 0 Å². The lowest BCUT2D eigenvalue weighted by atomic mass is 10.0. The van der Waals surface area contributed by atoms with E-state index in [1.807, 2.05) is 0 Å². The van der Waals surface area contributed by atoms with Crippen molar-refractivity contribution in [2.45, 2.75) is 16.6 Å². The summed E-state index contributed by atoms with van der Waals surface area (Å²) in [6, 6.07) is 8.88. The number of sulfone groups is 1. The molecule has 1 aromatic heterocycles. The van der Waals surface area contributed by atoms with Gasteiger partial charge >= 0.3 is 5.51 Å². The number of carbonyl (C=O) groups excluding carboxylic acids is 1. The quantitative estimate of drug-likeness (QED) is 0.725. The Hall–Kier alpha value is -2.66. The van der Waals surface area contributed by atoms with E-state index >= 15 is 0 Å². The minimum atomic E-state index is -5.77. The minimum absolute atomic E-state index is 0.00733. The molecule has 1 amide bonds. The molecule has 1 aromatic carbocycles. The third-order valence-corrected chi connectivity index (χ3v) is 5.60. The Morgan fingerprint density at radius 3 is 2.45 bits per heavy atom. The zero-order chi connectivity index (χ0) is 21.8. The SMILES string of the molecule is COc1ccccc1C(CNC(=O)c1cccnc1S(=O)(=O)C(F)(F)F)N(C)C. The number of nitrogens with zero attached hydrogens (tertiary/aromatic N) is 2. The van der Waals surface area contributed by atoms with Gasteiger partial charge < -0.3 is 15.0 Å². The molecule has 0 radical (unpaired) electrons. The average Bonchev–Trinajstić information content (AvgIpc) is 2.67. The molecule has 158 valence electrons. The van der Waals surface area contributed by atoms with E-state index in [2.05, 4.69) is 10.3 Å². The molecule has 0 spiro atoms. The maximum Gasteiger partial charge on any atom is 0.503 e. The number of benzene rings is 1. The molecule has 0 saturated heterocycles. The summed E-state index contributed by atoms with van der Waals surface area (Å²) in [6.45, 7) is -0.00733. The van der Waals surface area contributed by atoms with E-state index in [-0.39, 0.29) is 12.6 Å². The Morgan fingerprint density at radius 1 is 1.21 bits per heavy atom. The van der Waals surface area contributed by atoms with Crippen molar-refractivity contribution in [3.05, 3.63) is 53.7 Å². The van der Waals surface area contributed by atoms with Crippen LogP contribution < -0.4 is 10.1 Å². The molecule has 1 atom stereocenters. The highest BCUT2D eigenvalue weighted by Crippen LogP contribution is 2.31. The number of rotatable bonds is 7. The van der Waals surface area contributed by atoms with E-state index in [1.165, 1.54) is 13.2 Å². The van der Waals surface area contributed by atoms with Crippen LogP contribution in [0.5, 0.6) is 5.75 Å². The van der Waals surface area contributed by atoms with Gasteiger partial charge in [0.2, 0.25) is 0 Å². The molecule has 2 aromatic rings. The maximum absolute atomic E-state index is 12.9. The van der Waals surface area contributed by atoms with E-state index < -0.39 is 31.8 Å². The third kappa shape index (κ3) is 4.85. The van der Waals surface area contributed by atoms with Crippen LogP contribution in [-0.4, -0.2) is 57.5 Å². The van der Waals surface area contributed by atoms with Crippen molar-refractivity contribution in [3.63, 3.8) is 0 Å². The normalized spacial score (nSPS) is 13.2. The fraction of sp³-hybridized carbons (Fsp3) is 0.333. The van der Waals surface area contributed by atoms with Crippen molar-refractivity contribution in [3.8, 4) is 5.75 Å². The number of hydrogen-bond donors (Lipinski definition) is 1. The van der Waals surface area contributed by atoms with E-state index in [1.54, 1.807) is 43.3 Å². The molecular weight excluding hydrogens is 411 g/mol. The number of nitrogens with one attached hydrogen (secondary N) is 1. The van der Waals surface area contributed by atoms with Crippen LogP contribution in [0.2, 0.25) is 0 Å². The third-order valence-electron chi connectivity index (χ3n) is 4.15. The Balaban J connectivity index is 2.31. The molecule has 0 aliphatic rings. The molecule has 1 unspecified atom stereocenters. The molecule has 29 heavy (non-hydrogen) atoms. The van der Waals surface area contributed by atoms with E-state index in [0.717, 1.165) is 17.8 Å². The van der Waals surface area contributed by atoms with Gasteiger partial charge in [-0.05, 0) is 32.3 Å². The molecule has 0 fully saturated rings. The molecule has 7 nitrogen and oxygen atoms in total.